The number of carbonyl (C=O) groups excluding carboxylic acids is 2. The standard InChI is InChI=1S/C27H22FN3O2/c28-26-18(7-8-20-15-29-11-9-22(20)26)13-25(32)24-14-23(24)17-4-3-5-19(12-17)27(33)31-16-21-6-1-2-10-30-21/h1-12,15,23-24H,13-14,16H2,(H,31,33)/t23-,24+/m0/s1. The van der Waals surface area contributed by atoms with Gasteiger partial charge in [-0.1, -0.05) is 30.3 Å². The summed E-state index contributed by atoms with van der Waals surface area (Å²) in [6.07, 6.45) is 5.63. The highest BCUT2D eigenvalue weighted by Gasteiger charge is 2.43. The maximum absolute atomic E-state index is 14.8. The van der Waals surface area contributed by atoms with Gasteiger partial charge in [0, 0.05) is 47.3 Å². The number of aromatic nitrogens is 2. The Labute approximate surface area is 190 Å². The lowest BCUT2D eigenvalue weighted by Crippen LogP contribution is -2.23. The predicted molar refractivity (Wildman–Crippen MR) is 123 cm³/mol. The molecule has 1 amide bonds. The van der Waals surface area contributed by atoms with Crippen LogP contribution < -0.4 is 5.32 Å². The van der Waals surface area contributed by atoms with Gasteiger partial charge in [-0.3, -0.25) is 19.6 Å². The van der Waals surface area contributed by atoms with Crippen molar-refractivity contribution < 1.29 is 14.0 Å². The Morgan fingerprint density at radius 2 is 1.94 bits per heavy atom. The number of nitrogens with zero attached hydrogens (tertiary/aromatic N) is 2. The summed E-state index contributed by atoms with van der Waals surface area (Å²) in [7, 11) is 0. The van der Waals surface area contributed by atoms with E-state index in [1.165, 1.54) is 0 Å². The van der Waals surface area contributed by atoms with Crippen molar-refractivity contribution in [1.29, 1.82) is 0 Å². The number of fused-ring (bicyclic) bond motifs is 1. The largest absolute Gasteiger partial charge is 0.346 e. The van der Waals surface area contributed by atoms with Crippen molar-refractivity contribution in [2.45, 2.75) is 25.3 Å². The molecule has 0 aliphatic heterocycles. The number of benzene rings is 2. The fourth-order valence-corrected chi connectivity index (χ4v) is 4.24. The average Bonchev–Trinajstić information content (AvgIpc) is 3.66. The Balaban J connectivity index is 1.23. The minimum absolute atomic E-state index is 0.0253. The highest BCUT2D eigenvalue weighted by molar-refractivity contribution is 5.94. The van der Waals surface area contributed by atoms with Gasteiger partial charge in [0.1, 0.15) is 11.6 Å². The van der Waals surface area contributed by atoms with Gasteiger partial charge in [-0.15, -0.1) is 0 Å². The first-order chi connectivity index (χ1) is 16.1. The van der Waals surface area contributed by atoms with Crippen molar-refractivity contribution in [2.24, 2.45) is 5.92 Å². The zero-order chi connectivity index (χ0) is 22.8. The molecule has 2 atom stereocenters. The second-order valence-electron chi connectivity index (χ2n) is 8.36. The van der Waals surface area contributed by atoms with Gasteiger partial charge in [-0.2, -0.15) is 0 Å². The number of ketones is 1. The zero-order valence-corrected chi connectivity index (χ0v) is 17.9. The quantitative estimate of drug-likeness (QED) is 0.456. The third-order valence-corrected chi connectivity index (χ3v) is 6.14. The maximum atomic E-state index is 14.8. The summed E-state index contributed by atoms with van der Waals surface area (Å²) >= 11 is 0. The van der Waals surface area contributed by atoms with Gasteiger partial charge >= 0.3 is 0 Å². The summed E-state index contributed by atoms with van der Waals surface area (Å²) < 4.78 is 14.8. The third kappa shape index (κ3) is 4.51. The van der Waals surface area contributed by atoms with Crippen LogP contribution in [0.4, 0.5) is 4.39 Å². The normalized spacial score (nSPS) is 17.0. The van der Waals surface area contributed by atoms with Crippen LogP contribution in [0.25, 0.3) is 10.8 Å². The number of Topliss-reactive ketones (excluding diaryl/α,β-unsaturated/α-hetero) is 1. The van der Waals surface area contributed by atoms with Gasteiger partial charge in [0.05, 0.1) is 12.2 Å². The fourth-order valence-electron chi connectivity index (χ4n) is 4.24. The minimum atomic E-state index is -0.355. The molecule has 1 aliphatic carbocycles. The van der Waals surface area contributed by atoms with E-state index >= 15 is 0 Å². The summed E-state index contributed by atoms with van der Waals surface area (Å²) in [6, 6.07) is 18.0. The maximum Gasteiger partial charge on any atom is 0.251 e. The summed E-state index contributed by atoms with van der Waals surface area (Å²) in [4.78, 5) is 33.6. The van der Waals surface area contributed by atoms with Crippen LogP contribution in [-0.2, 0) is 17.8 Å². The van der Waals surface area contributed by atoms with Gasteiger partial charge < -0.3 is 5.32 Å². The molecule has 1 aliphatic rings. The second-order valence-corrected chi connectivity index (χ2v) is 8.36. The lowest BCUT2D eigenvalue weighted by molar-refractivity contribution is -0.119. The van der Waals surface area contributed by atoms with E-state index in [4.69, 9.17) is 0 Å². The lowest BCUT2D eigenvalue weighted by atomic mass is 9.99. The fraction of sp³-hybridized carbons (Fsp3) is 0.185. The Morgan fingerprint density at radius 1 is 1.03 bits per heavy atom. The number of rotatable bonds is 7. The first-order valence-corrected chi connectivity index (χ1v) is 10.9. The minimum Gasteiger partial charge on any atom is -0.346 e. The highest BCUT2D eigenvalue weighted by Crippen LogP contribution is 2.48. The number of nitrogens with one attached hydrogen (secondary N) is 1. The van der Waals surface area contributed by atoms with Crippen molar-refractivity contribution in [3.05, 3.63) is 107 Å². The lowest BCUT2D eigenvalue weighted by Gasteiger charge is -2.08. The number of pyridine rings is 2. The molecule has 0 unspecified atom stereocenters. The van der Waals surface area contributed by atoms with Crippen molar-refractivity contribution in [3.8, 4) is 0 Å². The Hall–Kier alpha value is -3.93. The van der Waals surface area contributed by atoms with E-state index in [1.54, 1.807) is 42.9 Å². The molecule has 6 heteroatoms. The molecular formula is C27H22FN3O2. The molecule has 0 radical (unpaired) electrons. The van der Waals surface area contributed by atoms with Crippen LogP contribution in [0.3, 0.4) is 0 Å². The topological polar surface area (TPSA) is 72.0 Å². The molecule has 33 heavy (non-hydrogen) atoms. The van der Waals surface area contributed by atoms with E-state index in [0.29, 0.717) is 28.4 Å². The molecule has 2 heterocycles. The molecule has 2 aromatic carbocycles. The van der Waals surface area contributed by atoms with Crippen LogP contribution in [0.15, 0.2) is 79.3 Å². The molecule has 5 rings (SSSR count). The Bertz CT molecular complexity index is 1340. The predicted octanol–water partition coefficient (Wildman–Crippen LogP) is 4.61. The van der Waals surface area contributed by atoms with Crippen molar-refractivity contribution in [2.75, 3.05) is 0 Å². The number of hydrogen-bond donors (Lipinski definition) is 1. The van der Waals surface area contributed by atoms with E-state index in [2.05, 4.69) is 15.3 Å². The van der Waals surface area contributed by atoms with Crippen LogP contribution in [-0.4, -0.2) is 21.7 Å². The van der Waals surface area contributed by atoms with E-state index in [9.17, 15) is 14.0 Å². The van der Waals surface area contributed by atoms with Gasteiger partial charge in [0.2, 0.25) is 0 Å². The van der Waals surface area contributed by atoms with Crippen molar-refractivity contribution >= 4 is 22.5 Å². The van der Waals surface area contributed by atoms with Crippen LogP contribution >= 0.6 is 0 Å². The number of amides is 1. The Morgan fingerprint density at radius 3 is 2.79 bits per heavy atom. The molecule has 1 fully saturated rings. The van der Waals surface area contributed by atoms with Gasteiger partial charge in [0.25, 0.3) is 5.91 Å². The first kappa shape index (κ1) is 20.9. The molecule has 2 aromatic heterocycles. The molecule has 0 bridgehead atoms. The molecule has 5 nitrogen and oxygen atoms in total. The molecule has 1 saturated carbocycles. The van der Waals surface area contributed by atoms with Gasteiger partial charge in [0.15, 0.2) is 0 Å². The second kappa shape index (κ2) is 8.90. The van der Waals surface area contributed by atoms with Crippen LogP contribution in [0.2, 0.25) is 0 Å². The highest BCUT2D eigenvalue weighted by atomic mass is 19.1. The number of hydrogen-bond acceptors (Lipinski definition) is 4. The van der Waals surface area contributed by atoms with Gasteiger partial charge in [-0.25, -0.2) is 4.39 Å². The number of halogens is 1. The molecule has 4 aromatic rings. The molecule has 0 saturated heterocycles. The number of carbonyl (C=O) groups is 2. The molecule has 1 N–H and O–H groups in total. The molecule has 0 spiro atoms. The Kier molecular flexibility index (Phi) is 5.65. The summed E-state index contributed by atoms with van der Waals surface area (Å²) in [6.45, 7) is 0.349. The first-order valence-electron chi connectivity index (χ1n) is 10.9. The van der Waals surface area contributed by atoms with E-state index in [0.717, 1.165) is 17.7 Å². The van der Waals surface area contributed by atoms with Crippen LogP contribution in [0.5, 0.6) is 0 Å². The molecular weight excluding hydrogens is 417 g/mol. The summed E-state index contributed by atoms with van der Waals surface area (Å²) in [5.74, 6) is -0.596. The van der Waals surface area contributed by atoms with Crippen molar-refractivity contribution in [1.82, 2.24) is 15.3 Å². The van der Waals surface area contributed by atoms with E-state index < -0.39 is 0 Å². The van der Waals surface area contributed by atoms with Crippen molar-refractivity contribution in [3.63, 3.8) is 0 Å². The average molecular weight is 439 g/mol. The molecule has 164 valence electrons. The third-order valence-electron chi connectivity index (χ3n) is 6.14. The van der Waals surface area contributed by atoms with E-state index in [1.807, 2.05) is 36.4 Å². The smallest absolute Gasteiger partial charge is 0.251 e. The zero-order valence-electron chi connectivity index (χ0n) is 17.9. The summed E-state index contributed by atoms with van der Waals surface area (Å²) in [5, 5.41) is 4.07. The SMILES string of the molecule is O=C(NCc1ccccn1)c1cccc([C@@H]2C[C@H]2C(=O)Cc2ccc3cnccc3c2F)c1. The van der Waals surface area contributed by atoms with Crippen LogP contribution in [0, 0.1) is 11.7 Å². The van der Waals surface area contributed by atoms with Crippen LogP contribution in [0.1, 0.15) is 39.5 Å². The monoisotopic (exact) mass is 439 g/mol. The summed E-state index contributed by atoms with van der Waals surface area (Å²) in [5.41, 5.74) is 2.71. The van der Waals surface area contributed by atoms with Gasteiger partial charge in [-0.05, 0) is 53.8 Å². The van der Waals surface area contributed by atoms with E-state index in [-0.39, 0.29) is 35.8 Å².